The lowest BCUT2D eigenvalue weighted by molar-refractivity contribution is 0.126. The van der Waals surface area contributed by atoms with E-state index in [0.29, 0.717) is 30.2 Å². The van der Waals surface area contributed by atoms with Gasteiger partial charge in [-0.15, -0.1) is 0 Å². The van der Waals surface area contributed by atoms with Gasteiger partial charge in [-0.3, -0.25) is 9.80 Å². The number of carbonyl (C=O) groups is 1. The fourth-order valence-corrected chi connectivity index (χ4v) is 4.71. The molecule has 5 rings (SSSR count). The van der Waals surface area contributed by atoms with Crippen LogP contribution in [0.2, 0.25) is 0 Å². The van der Waals surface area contributed by atoms with E-state index in [2.05, 4.69) is 15.3 Å². The maximum atomic E-state index is 15.4. The highest BCUT2D eigenvalue weighted by Gasteiger charge is 2.44. The molecular weight excluding hydrogens is 460 g/mol. The number of urea groups is 1. The van der Waals surface area contributed by atoms with E-state index in [1.165, 1.54) is 12.0 Å². The molecule has 35 heavy (non-hydrogen) atoms. The molecule has 2 aromatic rings. The Labute approximate surface area is 202 Å². The van der Waals surface area contributed by atoms with Gasteiger partial charge in [-0.2, -0.15) is 4.98 Å². The first kappa shape index (κ1) is 23.5. The van der Waals surface area contributed by atoms with Crippen molar-refractivity contribution in [2.24, 2.45) is 0 Å². The summed E-state index contributed by atoms with van der Waals surface area (Å²) < 4.78 is 41.1. The number of halogens is 2. The number of aromatic nitrogens is 2. The second kappa shape index (κ2) is 9.44. The molecule has 0 radical (unpaired) electrons. The lowest BCUT2D eigenvalue weighted by Crippen LogP contribution is -2.49. The quantitative estimate of drug-likeness (QED) is 0.607. The van der Waals surface area contributed by atoms with Gasteiger partial charge in [0.05, 0.1) is 26.4 Å². The third-order valence-electron chi connectivity index (χ3n) is 6.68. The number of aliphatic hydroxyl groups is 1. The molecule has 2 saturated carbocycles. The van der Waals surface area contributed by atoms with Gasteiger partial charge in [0.2, 0.25) is 5.95 Å². The molecule has 188 valence electrons. The fourth-order valence-electron chi connectivity index (χ4n) is 4.71. The summed E-state index contributed by atoms with van der Waals surface area (Å²) in [4.78, 5) is 25.2. The monoisotopic (exact) mass is 489 g/mol. The van der Waals surface area contributed by atoms with E-state index >= 15 is 8.78 Å². The van der Waals surface area contributed by atoms with E-state index in [1.54, 1.807) is 13.1 Å². The number of fused-ring (bicyclic) bond motifs is 1. The molecule has 2 N–H and O–H groups in total. The lowest BCUT2D eigenvalue weighted by atomic mass is 9.93. The van der Waals surface area contributed by atoms with Crippen molar-refractivity contribution in [1.82, 2.24) is 9.97 Å². The average molecular weight is 490 g/mol. The summed E-state index contributed by atoms with van der Waals surface area (Å²) in [5.41, 5.74) is 0.0674. The number of nitrogens with zero attached hydrogens (tertiary/aromatic N) is 4. The highest BCUT2D eigenvalue weighted by Crippen LogP contribution is 2.43. The van der Waals surface area contributed by atoms with E-state index < -0.39 is 23.4 Å². The molecule has 2 aliphatic carbocycles. The van der Waals surface area contributed by atoms with Gasteiger partial charge >= 0.3 is 6.03 Å². The molecule has 0 bridgehead atoms. The van der Waals surface area contributed by atoms with Gasteiger partial charge in [0, 0.05) is 29.9 Å². The zero-order valence-corrected chi connectivity index (χ0v) is 19.8. The SMILES string of the molecule is CCOc1cc(OC)c(F)c(N2Cc3cnc(NC4CCC(O)CC4)nc3N(C3CC3)C2=O)c1F. The van der Waals surface area contributed by atoms with Crippen LogP contribution < -0.4 is 24.6 Å². The van der Waals surface area contributed by atoms with Crippen molar-refractivity contribution >= 4 is 23.5 Å². The summed E-state index contributed by atoms with van der Waals surface area (Å²) in [7, 11) is 1.27. The van der Waals surface area contributed by atoms with Crippen molar-refractivity contribution in [1.29, 1.82) is 0 Å². The molecule has 2 amide bonds. The van der Waals surface area contributed by atoms with Gasteiger partial charge < -0.3 is 19.9 Å². The van der Waals surface area contributed by atoms with Gasteiger partial charge in [-0.1, -0.05) is 0 Å². The first-order valence-corrected chi connectivity index (χ1v) is 12.0. The van der Waals surface area contributed by atoms with Gasteiger partial charge in [0.1, 0.15) is 11.5 Å². The maximum Gasteiger partial charge on any atom is 0.330 e. The van der Waals surface area contributed by atoms with Crippen LogP contribution in [0.5, 0.6) is 11.5 Å². The molecule has 1 aliphatic heterocycles. The van der Waals surface area contributed by atoms with Crippen molar-refractivity contribution in [2.75, 3.05) is 28.8 Å². The number of hydrogen-bond acceptors (Lipinski definition) is 7. The number of hydrogen-bond donors (Lipinski definition) is 2. The largest absolute Gasteiger partial charge is 0.493 e. The van der Waals surface area contributed by atoms with Gasteiger partial charge in [-0.25, -0.2) is 18.6 Å². The van der Waals surface area contributed by atoms with Crippen LogP contribution >= 0.6 is 0 Å². The fraction of sp³-hybridized carbons (Fsp3) is 0.542. The summed E-state index contributed by atoms with van der Waals surface area (Å²) in [5, 5.41) is 13.0. The molecule has 2 fully saturated rings. The van der Waals surface area contributed by atoms with Crippen molar-refractivity contribution < 1.29 is 28.2 Å². The molecule has 9 nitrogen and oxygen atoms in total. The number of rotatable bonds is 7. The second-order valence-electron chi connectivity index (χ2n) is 9.15. The Balaban J connectivity index is 1.50. The minimum absolute atomic E-state index is 0.0974. The van der Waals surface area contributed by atoms with Crippen LogP contribution in [0.3, 0.4) is 0 Å². The van der Waals surface area contributed by atoms with E-state index in [9.17, 15) is 9.90 Å². The van der Waals surface area contributed by atoms with Crippen LogP contribution in [0.4, 0.5) is 31.0 Å². The predicted octanol–water partition coefficient (Wildman–Crippen LogP) is 3.99. The molecule has 3 aliphatic rings. The number of amides is 2. The van der Waals surface area contributed by atoms with E-state index in [4.69, 9.17) is 9.47 Å². The Morgan fingerprint density at radius 2 is 1.86 bits per heavy atom. The van der Waals surface area contributed by atoms with Crippen molar-refractivity contribution in [3.05, 3.63) is 29.5 Å². The van der Waals surface area contributed by atoms with E-state index in [-0.39, 0.29) is 42.8 Å². The summed E-state index contributed by atoms with van der Waals surface area (Å²) in [6.07, 6.45) is 5.91. The second-order valence-corrected chi connectivity index (χ2v) is 9.15. The Morgan fingerprint density at radius 1 is 1.14 bits per heavy atom. The van der Waals surface area contributed by atoms with Crippen LogP contribution in [0.15, 0.2) is 12.3 Å². The van der Waals surface area contributed by atoms with E-state index in [0.717, 1.165) is 36.6 Å². The maximum absolute atomic E-state index is 15.4. The van der Waals surface area contributed by atoms with Crippen molar-refractivity contribution in [3.8, 4) is 11.5 Å². The highest BCUT2D eigenvalue weighted by atomic mass is 19.1. The van der Waals surface area contributed by atoms with E-state index in [1.807, 2.05) is 0 Å². The molecule has 1 aromatic heterocycles. The molecule has 1 aromatic carbocycles. The number of benzene rings is 1. The standard InChI is InChI=1S/C24H29F2N5O4/c1-3-35-18-10-17(34-2)19(25)21(20(18)26)30-12-13-11-27-23(28-14-4-8-16(32)9-5-14)29-22(13)31(24(30)33)15-6-7-15/h10-11,14-16,32H,3-9,12H2,1-2H3,(H,27,28,29). The zero-order valence-electron chi connectivity index (χ0n) is 19.8. The Morgan fingerprint density at radius 3 is 2.51 bits per heavy atom. The lowest BCUT2D eigenvalue weighted by Gasteiger charge is -2.37. The number of methoxy groups -OCH3 is 1. The van der Waals surface area contributed by atoms with Crippen LogP contribution in [-0.2, 0) is 6.54 Å². The molecule has 0 saturated heterocycles. The number of carbonyl (C=O) groups excluding carboxylic acids is 1. The molecule has 0 unspecified atom stereocenters. The highest BCUT2D eigenvalue weighted by molar-refractivity contribution is 6.06. The first-order chi connectivity index (χ1) is 16.9. The van der Waals surface area contributed by atoms with Crippen molar-refractivity contribution in [2.45, 2.75) is 70.2 Å². The molecular formula is C24H29F2N5O4. The zero-order chi connectivity index (χ0) is 24.7. The third kappa shape index (κ3) is 4.44. The molecule has 11 heteroatoms. The number of ether oxygens (including phenoxy) is 2. The van der Waals surface area contributed by atoms with Crippen LogP contribution in [0.1, 0.15) is 51.0 Å². The average Bonchev–Trinajstić information content (AvgIpc) is 3.68. The normalized spacial score (nSPS) is 22.1. The topological polar surface area (TPSA) is 100 Å². The number of nitrogens with one attached hydrogen (secondary N) is 1. The van der Waals surface area contributed by atoms with Gasteiger partial charge in [0.25, 0.3) is 0 Å². The number of anilines is 3. The Kier molecular flexibility index (Phi) is 6.35. The summed E-state index contributed by atoms with van der Waals surface area (Å²) in [5.74, 6) is -1.48. The van der Waals surface area contributed by atoms with Crippen LogP contribution in [0, 0.1) is 11.6 Å². The van der Waals surface area contributed by atoms with Crippen LogP contribution in [0.25, 0.3) is 0 Å². The Hall–Kier alpha value is -3.21. The Bertz CT molecular complexity index is 1120. The van der Waals surface area contributed by atoms with Gasteiger partial charge in [0.15, 0.2) is 23.1 Å². The predicted molar refractivity (Wildman–Crippen MR) is 125 cm³/mol. The number of aliphatic hydroxyl groups excluding tert-OH is 1. The molecule has 0 atom stereocenters. The van der Waals surface area contributed by atoms with Crippen molar-refractivity contribution in [3.63, 3.8) is 0 Å². The smallest absolute Gasteiger partial charge is 0.330 e. The minimum Gasteiger partial charge on any atom is -0.493 e. The third-order valence-corrected chi connectivity index (χ3v) is 6.68. The summed E-state index contributed by atoms with van der Waals surface area (Å²) in [6.45, 7) is 1.75. The molecule has 2 heterocycles. The molecule has 0 spiro atoms. The minimum atomic E-state index is -0.973. The summed E-state index contributed by atoms with van der Waals surface area (Å²) >= 11 is 0. The summed E-state index contributed by atoms with van der Waals surface area (Å²) in [6, 6.07) is 0.626. The first-order valence-electron chi connectivity index (χ1n) is 12.0. The van der Waals surface area contributed by atoms with Gasteiger partial charge in [-0.05, 0) is 45.4 Å². The van der Waals surface area contributed by atoms with Crippen LogP contribution in [-0.4, -0.2) is 53.0 Å².